The molecular formula is C12H18N2O3. The zero-order valence-electron chi connectivity index (χ0n) is 10.1. The van der Waals surface area contributed by atoms with E-state index in [2.05, 4.69) is 4.98 Å². The highest BCUT2D eigenvalue weighted by Crippen LogP contribution is 2.06. The maximum absolute atomic E-state index is 10.7. The molecule has 2 N–H and O–H groups in total. The van der Waals surface area contributed by atoms with Gasteiger partial charge in [-0.1, -0.05) is 0 Å². The zero-order chi connectivity index (χ0) is 12.9. The van der Waals surface area contributed by atoms with Crippen molar-refractivity contribution in [1.29, 1.82) is 0 Å². The lowest BCUT2D eigenvalue weighted by atomic mass is 10.1. The van der Waals surface area contributed by atoms with E-state index in [0.29, 0.717) is 6.54 Å². The van der Waals surface area contributed by atoms with Gasteiger partial charge in [0.25, 0.3) is 0 Å². The first kappa shape index (κ1) is 13.6. The van der Waals surface area contributed by atoms with Gasteiger partial charge in [-0.15, -0.1) is 0 Å². The Morgan fingerprint density at radius 2 is 2.06 bits per heavy atom. The third-order valence-electron chi connectivity index (χ3n) is 2.57. The van der Waals surface area contributed by atoms with Crippen LogP contribution in [0, 0.1) is 0 Å². The van der Waals surface area contributed by atoms with Gasteiger partial charge in [-0.2, -0.15) is 0 Å². The first-order valence-corrected chi connectivity index (χ1v) is 5.45. The summed E-state index contributed by atoms with van der Waals surface area (Å²) in [6.07, 6.45) is 4.25. The molecule has 5 nitrogen and oxygen atoms in total. The minimum atomic E-state index is -1.70. The Balaban J connectivity index is 2.41. The van der Waals surface area contributed by atoms with Gasteiger partial charge >= 0.3 is 5.97 Å². The van der Waals surface area contributed by atoms with E-state index in [0.717, 1.165) is 12.0 Å². The van der Waals surface area contributed by atoms with Crippen molar-refractivity contribution in [2.24, 2.45) is 0 Å². The molecule has 1 heterocycles. The number of likely N-dealkylation sites (N-methyl/N-ethyl adjacent to an activating group) is 1. The lowest BCUT2D eigenvalue weighted by Gasteiger charge is -2.25. The van der Waals surface area contributed by atoms with E-state index in [-0.39, 0.29) is 6.54 Å². The molecule has 0 amide bonds. The molecule has 0 fully saturated rings. The van der Waals surface area contributed by atoms with Gasteiger partial charge in [0.2, 0.25) is 0 Å². The Hall–Kier alpha value is -1.46. The smallest absolute Gasteiger partial charge is 0.336 e. The van der Waals surface area contributed by atoms with E-state index in [9.17, 15) is 9.90 Å². The molecule has 0 saturated heterocycles. The fourth-order valence-electron chi connectivity index (χ4n) is 1.54. The molecule has 0 saturated carbocycles. The monoisotopic (exact) mass is 238 g/mol. The number of carboxylic acid groups (broad SMARTS) is 1. The number of rotatable bonds is 6. The Morgan fingerprint density at radius 1 is 1.47 bits per heavy atom. The molecule has 1 unspecified atom stereocenters. The van der Waals surface area contributed by atoms with Crippen LogP contribution in [-0.2, 0) is 11.2 Å². The van der Waals surface area contributed by atoms with E-state index in [4.69, 9.17) is 5.11 Å². The van der Waals surface area contributed by atoms with Gasteiger partial charge in [-0.25, -0.2) is 4.79 Å². The molecule has 94 valence electrons. The standard InChI is InChI=1S/C12H18N2O3/c1-12(17,11(15)16)9-14(2)8-5-10-3-6-13-7-4-10/h3-4,6-7,17H,5,8-9H2,1-2H3,(H,15,16). The number of carboxylic acids is 1. The summed E-state index contributed by atoms with van der Waals surface area (Å²) in [5.74, 6) is -1.20. The highest BCUT2D eigenvalue weighted by Gasteiger charge is 2.30. The molecule has 0 aliphatic rings. The third-order valence-corrected chi connectivity index (χ3v) is 2.57. The number of nitrogens with zero attached hydrogens (tertiary/aromatic N) is 2. The number of aromatic nitrogens is 1. The van der Waals surface area contributed by atoms with Crippen LogP contribution in [0.4, 0.5) is 0 Å². The van der Waals surface area contributed by atoms with E-state index in [1.165, 1.54) is 6.92 Å². The Morgan fingerprint density at radius 3 is 2.59 bits per heavy atom. The van der Waals surface area contributed by atoms with Crippen molar-refractivity contribution in [1.82, 2.24) is 9.88 Å². The third kappa shape index (κ3) is 4.50. The highest BCUT2D eigenvalue weighted by molar-refractivity contribution is 5.76. The van der Waals surface area contributed by atoms with Gasteiger partial charge in [0.1, 0.15) is 0 Å². The highest BCUT2D eigenvalue weighted by atomic mass is 16.4. The number of hydrogen-bond donors (Lipinski definition) is 2. The molecule has 0 aliphatic heterocycles. The first-order chi connectivity index (χ1) is 7.92. The number of aliphatic hydroxyl groups is 1. The Bertz CT molecular complexity index is 365. The van der Waals surface area contributed by atoms with Gasteiger partial charge in [0, 0.05) is 25.5 Å². The molecule has 5 heteroatoms. The maximum atomic E-state index is 10.7. The molecule has 0 aliphatic carbocycles. The lowest BCUT2D eigenvalue weighted by Crippen LogP contribution is -2.45. The van der Waals surface area contributed by atoms with Crippen LogP contribution in [0.2, 0.25) is 0 Å². The average molecular weight is 238 g/mol. The molecule has 0 aromatic carbocycles. The number of carbonyl (C=O) groups is 1. The second-order valence-corrected chi connectivity index (χ2v) is 4.42. The van der Waals surface area contributed by atoms with Gasteiger partial charge in [0.05, 0.1) is 0 Å². The van der Waals surface area contributed by atoms with Crippen molar-refractivity contribution in [2.75, 3.05) is 20.1 Å². The van der Waals surface area contributed by atoms with Crippen molar-refractivity contribution in [3.63, 3.8) is 0 Å². The van der Waals surface area contributed by atoms with Crippen LogP contribution in [0.15, 0.2) is 24.5 Å². The predicted octanol–water partition coefficient (Wildman–Crippen LogP) is 0.391. The van der Waals surface area contributed by atoms with E-state index in [1.807, 2.05) is 12.1 Å². The fraction of sp³-hybridized carbons (Fsp3) is 0.500. The largest absolute Gasteiger partial charge is 0.479 e. The first-order valence-electron chi connectivity index (χ1n) is 5.45. The van der Waals surface area contributed by atoms with Crippen molar-refractivity contribution < 1.29 is 15.0 Å². The maximum Gasteiger partial charge on any atom is 0.336 e. The minimum Gasteiger partial charge on any atom is -0.479 e. The predicted molar refractivity (Wildman–Crippen MR) is 63.7 cm³/mol. The summed E-state index contributed by atoms with van der Waals surface area (Å²) in [4.78, 5) is 16.5. The van der Waals surface area contributed by atoms with E-state index < -0.39 is 11.6 Å². The minimum absolute atomic E-state index is 0.105. The van der Waals surface area contributed by atoms with Crippen molar-refractivity contribution >= 4 is 5.97 Å². The summed E-state index contributed by atoms with van der Waals surface area (Å²) < 4.78 is 0. The molecule has 1 aromatic rings. The summed E-state index contributed by atoms with van der Waals surface area (Å²) >= 11 is 0. The van der Waals surface area contributed by atoms with Crippen LogP contribution < -0.4 is 0 Å². The normalized spacial score (nSPS) is 14.6. The van der Waals surface area contributed by atoms with E-state index in [1.54, 1.807) is 24.3 Å². The number of hydrogen-bond acceptors (Lipinski definition) is 4. The number of pyridine rings is 1. The fourth-order valence-corrected chi connectivity index (χ4v) is 1.54. The number of aliphatic carboxylic acids is 1. The molecule has 1 aromatic heterocycles. The van der Waals surface area contributed by atoms with Crippen LogP contribution in [0.3, 0.4) is 0 Å². The summed E-state index contributed by atoms with van der Waals surface area (Å²) in [7, 11) is 1.79. The molecule has 0 spiro atoms. The molecular weight excluding hydrogens is 220 g/mol. The molecule has 1 atom stereocenters. The van der Waals surface area contributed by atoms with Crippen molar-refractivity contribution in [2.45, 2.75) is 18.9 Å². The van der Waals surface area contributed by atoms with Gasteiger partial charge in [-0.05, 0) is 38.1 Å². The van der Waals surface area contributed by atoms with Gasteiger partial charge in [0.15, 0.2) is 5.60 Å². The van der Waals surface area contributed by atoms with Crippen molar-refractivity contribution in [3.8, 4) is 0 Å². The summed E-state index contributed by atoms with van der Waals surface area (Å²) in [6.45, 7) is 2.10. The Labute approximate surface area is 101 Å². The van der Waals surface area contributed by atoms with Crippen LogP contribution in [0.5, 0.6) is 0 Å². The van der Waals surface area contributed by atoms with Crippen LogP contribution in [0.1, 0.15) is 12.5 Å². The molecule has 17 heavy (non-hydrogen) atoms. The van der Waals surface area contributed by atoms with E-state index >= 15 is 0 Å². The molecule has 1 rings (SSSR count). The van der Waals surface area contributed by atoms with Crippen molar-refractivity contribution in [3.05, 3.63) is 30.1 Å². The summed E-state index contributed by atoms with van der Waals surface area (Å²) in [6, 6.07) is 3.84. The molecule has 0 bridgehead atoms. The lowest BCUT2D eigenvalue weighted by molar-refractivity contribution is -0.158. The SMILES string of the molecule is CN(CCc1ccncc1)CC(C)(O)C(=O)O. The summed E-state index contributed by atoms with van der Waals surface area (Å²) in [5, 5.41) is 18.4. The second kappa shape index (κ2) is 5.75. The quantitative estimate of drug-likeness (QED) is 0.750. The average Bonchev–Trinajstić information content (AvgIpc) is 2.27. The Kier molecular flexibility index (Phi) is 4.60. The van der Waals surface area contributed by atoms with Crippen LogP contribution >= 0.6 is 0 Å². The van der Waals surface area contributed by atoms with Crippen LogP contribution in [0.25, 0.3) is 0 Å². The van der Waals surface area contributed by atoms with Gasteiger partial charge in [-0.3, -0.25) is 4.98 Å². The second-order valence-electron chi connectivity index (χ2n) is 4.42. The summed E-state index contributed by atoms with van der Waals surface area (Å²) in [5.41, 5.74) is -0.561. The van der Waals surface area contributed by atoms with Gasteiger partial charge < -0.3 is 15.1 Å². The van der Waals surface area contributed by atoms with Crippen LogP contribution in [-0.4, -0.2) is 51.8 Å². The zero-order valence-corrected chi connectivity index (χ0v) is 10.1. The topological polar surface area (TPSA) is 73.7 Å². The molecule has 0 radical (unpaired) electrons.